The number of hydrogen-bond donors (Lipinski definition) is 0. The lowest BCUT2D eigenvalue weighted by Gasteiger charge is -2.02. The number of thioether (sulfide) groups is 1. The Morgan fingerprint density at radius 2 is 2.26 bits per heavy atom. The molecule has 1 aromatic heterocycles. The zero-order valence-electron chi connectivity index (χ0n) is 10.6. The van der Waals surface area contributed by atoms with Crippen molar-refractivity contribution in [1.29, 1.82) is 0 Å². The van der Waals surface area contributed by atoms with Crippen LogP contribution in [0.15, 0.2) is 28.4 Å². The molecular formula is C11H14F3N3OS. The van der Waals surface area contributed by atoms with E-state index < -0.39 is 11.9 Å². The molecule has 19 heavy (non-hydrogen) atoms. The first-order valence-electron chi connectivity index (χ1n) is 5.55. The van der Waals surface area contributed by atoms with Gasteiger partial charge in [-0.1, -0.05) is 16.9 Å². The minimum atomic E-state index is -2.26. The molecule has 0 aliphatic heterocycles. The van der Waals surface area contributed by atoms with Crippen LogP contribution in [0.2, 0.25) is 0 Å². The Hall–Kier alpha value is -1.44. The molecule has 8 heteroatoms. The standard InChI is InChI=1S/C11H14F3N3OS/c1-3-18-16-7-8-6-15-11(17(8)2)19-5-4-9(12)10(13)14/h6-7H,3-5H2,1-2H3. The zero-order chi connectivity index (χ0) is 14.3. The van der Waals surface area contributed by atoms with Gasteiger partial charge in [-0.05, 0) is 6.92 Å². The fourth-order valence-electron chi connectivity index (χ4n) is 1.15. The van der Waals surface area contributed by atoms with Crippen LogP contribution in [-0.2, 0) is 11.9 Å². The average molecular weight is 293 g/mol. The monoisotopic (exact) mass is 293 g/mol. The van der Waals surface area contributed by atoms with Crippen LogP contribution in [0.1, 0.15) is 19.0 Å². The summed E-state index contributed by atoms with van der Waals surface area (Å²) in [7, 11) is 1.75. The molecule has 1 aromatic rings. The van der Waals surface area contributed by atoms with Gasteiger partial charge in [-0.25, -0.2) is 9.37 Å². The van der Waals surface area contributed by atoms with Crippen LogP contribution in [0, 0.1) is 0 Å². The summed E-state index contributed by atoms with van der Waals surface area (Å²) in [4.78, 5) is 8.91. The van der Waals surface area contributed by atoms with Crippen LogP contribution in [0.3, 0.4) is 0 Å². The lowest BCUT2D eigenvalue weighted by atomic mass is 10.4. The highest BCUT2D eigenvalue weighted by molar-refractivity contribution is 7.99. The number of rotatable bonds is 7. The molecule has 0 amide bonds. The second-order valence-electron chi connectivity index (χ2n) is 3.44. The van der Waals surface area contributed by atoms with Crippen molar-refractivity contribution in [1.82, 2.24) is 9.55 Å². The lowest BCUT2D eigenvalue weighted by molar-refractivity contribution is 0.160. The lowest BCUT2D eigenvalue weighted by Crippen LogP contribution is -1.98. The molecule has 0 saturated heterocycles. The van der Waals surface area contributed by atoms with E-state index in [4.69, 9.17) is 4.84 Å². The van der Waals surface area contributed by atoms with Gasteiger partial charge >= 0.3 is 6.08 Å². The van der Waals surface area contributed by atoms with Gasteiger partial charge in [0, 0.05) is 19.2 Å². The third-order valence-electron chi connectivity index (χ3n) is 2.13. The van der Waals surface area contributed by atoms with Crippen LogP contribution in [0.5, 0.6) is 0 Å². The van der Waals surface area contributed by atoms with Gasteiger partial charge in [0.1, 0.15) is 6.61 Å². The SMILES string of the molecule is CCON=Cc1cnc(SCCC(F)=C(F)F)n1C. The van der Waals surface area contributed by atoms with Crippen molar-refractivity contribution >= 4 is 18.0 Å². The average Bonchev–Trinajstić information content (AvgIpc) is 2.71. The summed E-state index contributed by atoms with van der Waals surface area (Å²) in [6.07, 6.45) is 0.502. The van der Waals surface area contributed by atoms with E-state index >= 15 is 0 Å². The smallest absolute Gasteiger partial charge is 0.301 e. The first kappa shape index (κ1) is 15.6. The van der Waals surface area contributed by atoms with Crippen LogP contribution in [0.4, 0.5) is 13.2 Å². The van der Waals surface area contributed by atoms with E-state index in [1.807, 2.05) is 6.92 Å². The molecule has 0 aliphatic carbocycles. The Morgan fingerprint density at radius 3 is 2.89 bits per heavy atom. The molecule has 0 aromatic carbocycles. The Bertz CT molecular complexity index is 470. The summed E-state index contributed by atoms with van der Waals surface area (Å²) in [6.45, 7) is 2.28. The van der Waals surface area contributed by atoms with E-state index in [1.165, 1.54) is 18.0 Å². The maximum absolute atomic E-state index is 12.6. The fraction of sp³-hybridized carbons (Fsp3) is 0.455. The molecule has 0 fully saturated rings. The minimum absolute atomic E-state index is 0.191. The van der Waals surface area contributed by atoms with Gasteiger partial charge < -0.3 is 9.40 Å². The van der Waals surface area contributed by atoms with Crippen molar-refractivity contribution in [2.75, 3.05) is 12.4 Å². The van der Waals surface area contributed by atoms with E-state index in [1.54, 1.807) is 17.8 Å². The maximum Gasteiger partial charge on any atom is 0.301 e. The highest BCUT2D eigenvalue weighted by Gasteiger charge is 2.08. The quantitative estimate of drug-likeness (QED) is 0.440. The first-order chi connectivity index (χ1) is 9.06. The van der Waals surface area contributed by atoms with Gasteiger partial charge in [0.2, 0.25) is 0 Å². The molecule has 0 N–H and O–H groups in total. The number of allylic oxidation sites excluding steroid dienone is 1. The van der Waals surface area contributed by atoms with Crippen molar-refractivity contribution < 1.29 is 18.0 Å². The van der Waals surface area contributed by atoms with Gasteiger partial charge in [0.25, 0.3) is 0 Å². The number of nitrogens with zero attached hydrogens (tertiary/aromatic N) is 3. The Balaban J connectivity index is 2.54. The van der Waals surface area contributed by atoms with Gasteiger partial charge in [-0.3, -0.25) is 0 Å². The van der Waals surface area contributed by atoms with Gasteiger partial charge in [-0.2, -0.15) is 8.78 Å². The Morgan fingerprint density at radius 1 is 1.53 bits per heavy atom. The number of oxime groups is 1. The second-order valence-corrected chi connectivity index (χ2v) is 4.50. The predicted octanol–water partition coefficient (Wildman–Crippen LogP) is 3.35. The highest BCUT2D eigenvalue weighted by Crippen LogP contribution is 2.21. The molecule has 106 valence electrons. The third kappa shape index (κ3) is 4.98. The Kier molecular flexibility index (Phi) is 6.48. The molecule has 0 unspecified atom stereocenters. The summed E-state index contributed by atoms with van der Waals surface area (Å²) >= 11 is 1.19. The number of aromatic nitrogens is 2. The molecule has 4 nitrogen and oxygen atoms in total. The van der Waals surface area contributed by atoms with Crippen LogP contribution in [-0.4, -0.2) is 28.1 Å². The van der Waals surface area contributed by atoms with Gasteiger partial charge in [-0.15, -0.1) is 0 Å². The molecule has 0 saturated carbocycles. The van der Waals surface area contributed by atoms with E-state index in [2.05, 4.69) is 10.1 Å². The third-order valence-corrected chi connectivity index (χ3v) is 3.17. The highest BCUT2D eigenvalue weighted by atomic mass is 32.2. The van der Waals surface area contributed by atoms with E-state index in [-0.39, 0.29) is 12.2 Å². The number of hydrogen-bond acceptors (Lipinski definition) is 4. The van der Waals surface area contributed by atoms with Crippen molar-refractivity contribution in [2.45, 2.75) is 18.5 Å². The summed E-state index contributed by atoms with van der Waals surface area (Å²) in [5, 5.41) is 4.31. The topological polar surface area (TPSA) is 39.4 Å². The van der Waals surface area contributed by atoms with Crippen LogP contribution >= 0.6 is 11.8 Å². The van der Waals surface area contributed by atoms with Crippen LogP contribution in [0.25, 0.3) is 0 Å². The molecule has 0 radical (unpaired) electrons. The zero-order valence-corrected chi connectivity index (χ0v) is 11.4. The van der Waals surface area contributed by atoms with Crippen molar-refractivity contribution in [2.24, 2.45) is 12.2 Å². The predicted molar refractivity (Wildman–Crippen MR) is 68.1 cm³/mol. The molecule has 0 bridgehead atoms. The summed E-state index contributed by atoms with van der Waals surface area (Å²) in [6, 6.07) is 0. The largest absolute Gasteiger partial charge is 0.396 e. The fourth-order valence-corrected chi connectivity index (χ4v) is 2.04. The van der Waals surface area contributed by atoms with E-state index in [0.717, 1.165) is 0 Å². The van der Waals surface area contributed by atoms with Crippen LogP contribution < -0.4 is 0 Å². The minimum Gasteiger partial charge on any atom is -0.396 e. The van der Waals surface area contributed by atoms with E-state index in [0.29, 0.717) is 17.5 Å². The van der Waals surface area contributed by atoms with Gasteiger partial charge in [0.05, 0.1) is 18.1 Å². The van der Waals surface area contributed by atoms with Crippen molar-refractivity contribution in [3.63, 3.8) is 0 Å². The molecular weight excluding hydrogens is 279 g/mol. The van der Waals surface area contributed by atoms with Gasteiger partial charge in [0.15, 0.2) is 11.0 Å². The molecule has 1 heterocycles. The molecule has 1 rings (SSSR count). The summed E-state index contributed by atoms with van der Waals surface area (Å²) in [5.74, 6) is -1.18. The summed E-state index contributed by atoms with van der Waals surface area (Å²) < 4.78 is 38.0. The summed E-state index contributed by atoms with van der Waals surface area (Å²) in [5.41, 5.74) is 0.712. The van der Waals surface area contributed by atoms with Crippen molar-refractivity contribution in [3.8, 4) is 0 Å². The maximum atomic E-state index is 12.6. The molecule has 0 atom stereocenters. The Labute approximate surface area is 113 Å². The molecule has 0 spiro atoms. The second kappa shape index (κ2) is 7.88. The number of halogens is 3. The number of imidazole rings is 1. The molecule has 0 aliphatic rings. The normalized spacial score (nSPS) is 11.0. The first-order valence-corrected chi connectivity index (χ1v) is 6.54. The van der Waals surface area contributed by atoms with Crippen molar-refractivity contribution in [3.05, 3.63) is 23.8 Å². The van der Waals surface area contributed by atoms with E-state index in [9.17, 15) is 13.2 Å².